The molecule has 0 aliphatic carbocycles. The summed E-state index contributed by atoms with van der Waals surface area (Å²) in [4.78, 5) is 183. The molecule has 0 saturated carbocycles. The van der Waals surface area contributed by atoms with Crippen molar-refractivity contribution in [2.24, 2.45) is 45.1 Å². The van der Waals surface area contributed by atoms with Crippen LogP contribution in [0.2, 0.25) is 0 Å². The van der Waals surface area contributed by atoms with Gasteiger partial charge in [0.1, 0.15) is 54.1 Å². The molecule has 0 unspecified atom stereocenters. The number of carboxylic acids is 1. The lowest BCUT2D eigenvalue weighted by molar-refractivity contribution is -0.142. The van der Waals surface area contributed by atoms with Crippen molar-refractivity contribution in [1.82, 2.24) is 52.5 Å². The predicted octanol–water partition coefficient (Wildman–Crippen LogP) is -4.58. The number of carbonyl (C=O) groups is 13. The first kappa shape index (κ1) is 71.6. The molecule has 9 atom stereocenters. The number of fused-ring (bicyclic) bond motifs is 2. The number of aromatic hydroxyl groups is 1. The van der Waals surface area contributed by atoms with Gasteiger partial charge in [-0.2, -0.15) is 0 Å². The van der Waals surface area contributed by atoms with Crippen LogP contribution in [0.15, 0.2) is 90.2 Å². The van der Waals surface area contributed by atoms with Crippen molar-refractivity contribution in [2.45, 2.75) is 138 Å². The Morgan fingerprint density at radius 1 is 0.457 bits per heavy atom. The number of hydrogen-bond acceptors (Lipinski definition) is 16. The van der Waals surface area contributed by atoms with Crippen LogP contribution in [-0.2, 0) is 81.6 Å². The number of carboxylic acid groups (broad SMARTS) is 1. The SMILES string of the molecule is C[C@H](NC(=O)[C@H](CCC(N)=O)NC(=O)[C@H](Cc1ccc(O)cc1)NC(=O)[C@H](CCC(N)=O)NC(=O)[C@H](CC(N)=O)NC(=O)[C@@H](N)Cc1c[nH]c2ccccc12)C(=O)N[C@@H](CCC(N)=O)C(=O)N[C@@H](CCCN=C(N)N)C(=O)N[C@@H](Cc1c[nH]c2ccccc12)C(=O)O. The van der Waals surface area contributed by atoms with E-state index in [2.05, 4.69) is 57.5 Å². The lowest BCUT2D eigenvalue weighted by atomic mass is 10.0. The fourth-order valence-electron chi connectivity index (χ4n) is 9.59. The van der Waals surface area contributed by atoms with E-state index < -0.39 is 183 Å². The fourth-order valence-corrected chi connectivity index (χ4v) is 9.59. The molecule has 0 saturated heterocycles. The third kappa shape index (κ3) is 22.8. The van der Waals surface area contributed by atoms with Gasteiger partial charge in [-0.05, 0) is 86.4 Å². The number of guanidine groups is 1. The van der Waals surface area contributed by atoms with Crippen LogP contribution in [-0.4, -0.2) is 164 Å². The van der Waals surface area contributed by atoms with E-state index in [-0.39, 0.29) is 43.9 Å². The second-order valence-electron chi connectivity index (χ2n) is 21.7. The Balaban J connectivity index is 1.33. The summed E-state index contributed by atoms with van der Waals surface area (Å²) in [6.07, 6.45) is -1.29. The van der Waals surface area contributed by atoms with Gasteiger partial charge < -0.3 is 103 Å². The summed E-state index contributed by atoms with van der Waals surface area (Å²) in [6.45, 7) is 1.14. The molecule has 33 heteroatoms. The maximum atomic E-state index is 14.5. The molecule has 0 aliphatic heterocycles. The number of aromatic amines is 2. The largest absolute Gasteiger partial charge is 0.508 e. The first-order chi connectivity index (χ1) is 43.6. The number of hydrogen-bond donors (Lipinski definition) is 19. The second-order valence-corrected chi connectivity index (χ2v) is 21.7. The van der Waals surface area contributed by atoms with E-state index in [4.69, 9.17) is 40.1 Å². The lowest BCUT2D eigenvalue weighted by Gasteiger charge is -2.27. The molecule has 0 radical (unpaired) electrons. The molecule has 12 amide bonds. The molecule has 2 heterocycles. The lowest BCUT2D eigenvalue weighted by Crippen LogP contribution is -2.60. The van der Waals surface area contributed by atoms with E-state index >= 15 is 0 Å². The predicted molar refractivity (Wildman–Crippen MR) is 332 cm³/mol. The van der Waals surface area contributed by atoms with Crippen molar-refractivity contribution < 1.29 is 72.5 Å². The Morgan fingerprint density at radius 3 is 1.33 bits per heavy atom. The molecule has 494 valence electrons. The minimum atomic E-state index is -1.73. The number of phenolic OH excluding ortho intramolecular Hbond substituents is 1. The fraction of sp³-hybridized carbons (Fsp3) is 0.390. The van der Waals surface area contributed by atoms with Crippen molar-refractivity contribution in [2.75, 3.05) is 6.54 Å². The van der Waals surface area contributed by atoms with Gasteiger partial charge in [-0.15, -0.1) is 0 Å². The normalized spacial score (nSPS) is 14.0. The van der Waals surface area contributed by atoms with Gasteiger partial charge in [0.25, 0.3) is 0 Å². The number of nitrogens with two attached hydrogens (primary N) is 7. The number of phenols is 1. The average molecular weight is 1280 g/mol. The van der Waals surface area contributed by atoms with Crippen molar-refractivity contribution in [3.05, 3.63) is 102 Å². The first-order valence-corrected chi connectivity index (χ1v) is 29.1. The van der Waals surface area contributed by atoms with Crippen LogP contribution in [0.1, 0.15) is 81.4 Å². The number of aliphatic imine (C=N–C) groups is 1. The zero-order valence-corrected chi connectivity index (χ0v) is 50.2. The Kier molecular flexibility index (Phi) is 26.9. The highest BCUT2D eigenvalue weighted by molar-refractivity contribution is 6.00. The Morgan fingerprint density at radius 2 is 0.859 bits per heavy atom. The van der Waals surface area contributed by atoms with Gasteiger partial charge in [-0.3, -0.25) is 62.5 Å². The molecular weight excluding hydrogens is 1200 g/mol. The van der Waals surface area contributed by atoms with Crippen LogP contribution in [0.5, 0.6) is 5.75 Å². The molecule has 26 N–H and O–H groups in total. The Labute approximate surface area is 525 Å². The van der Waals surface area contributed by atoms with Crippen LogP contribution in [0.4, 0.5) is 0 Å². The summed E-state index contributed by atoms with van der Waals surface area (Å²) in [7, 11) is 0. The molecule has 0 fully saturated rings. The van der Waals surface area contributed by atoms with E-state index in [1.807, 2.05) is 6.07 Å². The van der Waals surface area contributed by atoms with Gasteiger partial charge in [0, 0.05) is 72.8 Å². The van der Waals surface area contributed by atoms with Crippen molar-refractivity contribution in [1.29, 1.82) is 0 Å². The van der Waals surface area contributed by atoms with Gasteiger partial charge >= 0.3 is 5.97 Å². The highest BCUT2D eigenvalue weighted by Crippen LogP contribution is 2.21. The molecule has 5 aromatic rings. The third-order valence-electron chi connectivity index (χ3n) is 14.5. The Bertz CT molecular complexity index is 3530. The summed E-state index contributed by atoms with van der Waals surface area (Å²) in [5.74, 6) is -14.2. The van der Waals surface area contributed by atoms with Gasteiger partial charge in [0.2, 0.25) is 70.9 Å². The number of nitrogens with zero attached hydrogens (tertiary/aromatic N) is 1. The van der Waals surface area contributed by atoms with Gasteiger partial charge in [0.15, 0.2) is 5.96 Å². The molecule has 3 aromatic carbocycles. The summed E-state index contributed by atoms with van der Waals surface area (Å²) in [6, 6.07) is 5.15. The van der Waals surface area contributed by atoms with Crippen LogP contribution in [0.25, 0.3) is 21.8 Å². The highest BCUT2D eigenvalue weighted by atomic mass is 16.4. The molecule has 92 heavy (non-hydrogen) atoms. The summed E-state index contributed by atoms with van der Waals surface area (Å²) in [5.41, 5.74) is 41.9. The van der Waals surface area contributed by atoms with Crippen molar-refractivity contribution in [3.8, 4) is 5.75 Å². The van der Waals surface area contributed by atoms with Gasteiger partial charge in [0.05, 0.1) is 12.5 Å². The van der Waals surface area contributed by atoms with E-state index in [9.17, 15) is 72.5 Å². The zero-order valence-electron chi connectivity index (χ0n) is 50.2. The quantitative estimate of drug-likeness (QED) is 0.0100. The standard InChI is InChI=1S/C59H78N18O15/c1-29(50(83)71-41(17-20-47(62)80)54(87)72-39(11-6-22-67-59(65)66)53(86)77-45(58(91)92)25-32-28-69-38-10-5-3-8-35(32)38)70-52(85)40(16-19-46(61)79)73-56(89)43(23-30-12-14-33(78)15-13-30)76-55(88)42(18-21-48(63)81)74-57(90)44(26-49(64)82)75-51(84)36(60)24-31-27-68-37-9-4-2-7-34(31)37/h2-5,7-10,12-15,27-29,36,39-45,68-69,78H,6,11,16-26,60H2,1H3,(H2,61,79)(H2,62,80)(H2,63,81)(H2,64,82)(H,70,85)(H,71,83)(H,72,87)(H,73,89)(H,74,90)(H,75,84)(H,76,88)(H,77,86)(H,91,92)(H4,65,66,67)/t29-,36-,39-,40-,41-,42-,43-,44-,45-/m0/s1. The van der Waals surface area contributed by atoms with E-state index in [1.165, 1.54) is 24.3 Å². The van der Waals surface area contributed by atoms with Crippen LogP contribution < -0.4 is 82.7 Å². The van der Waals surface area contributed by atoms with Gasteiger partial charge in [-0.1, -0.05) is 48.5 Å². The second kappa shape index (κ2) is 34.6. The summed E-state index contributed by atoms with van der Waals surface area (Å²) in [5, 5.41) is 41.1. The average Bonchev–Trinajstić information content (AvgIpc) is 1.67. The maximum Gasteiger partial charge on any atom is 0.326 e. The van der Waals surface area contributed by atoms with E-state index in [0.29, 0.717) is 27.6 Å². The van der Waals surface area contributed by atoms with Crippen molar-refractivity contribution in [3.63, 3.8) is 0 Å². The number of rotatable bonds is 38. The molecule has 0 aliphatic rings. The van der Waals surface area contributed by atoms with Crippen LogP contribution >= 0.6 is 0 Å². The van der Waals surface area contributed by atoms with Crippen LogP contribution in [0, 0.1) is 0 Å². The third-order valence-corrected chi connectivity index (χ3v) is 14.5. The maximum absolute atomic E-state index is 14.5. The zero-order chi connectivity index (χ0) is 67.8. The molecule has 2 aromatic heterocycles. The number of carbonyl (C=O) groups excluding carboxylic acids is 12. The van der Waals surface area contributed by atoms with Crippen molar-refractivity contribution >= 4 is 105 Å². The Hall–Kier alpha value is -11.1. The molecular formula is C59H78N18O15. The number of nitrogens with one attached hydrogen (secondary N) is 10. The van der Waals surface area contributed by atoms with E-state index in [1.54, 1.807) is 54.9 Å². The number of aliphatic carboxylic acids is 1. The molecule has 0 bridgehead atoms. The number of amides is 12. The van der Waals surface area contributed by atoms with E-state index in [0.717, 1.165) is 17.8 Å². The number of benzene rings is 3. The number of aromatic nitrogens is 2. The molecule has 33 nitrogen and oxygen atoms in total. The minimum Gasteiger partial charge on any atom is -0.508 e. The molecule has 0 spiro atoms. The monoisotopic (exact) mass is 1280 g/mol. The first-order valence-electron chi connectivity index (χ1n) is 29.1. The van der Waals surface area contributed by atoms with Crippen LogP contribution in [0.3, 0.4) is 0 Å². The summed E-state index contributed by atoms with van der Waals surface area (Å²) >= 11 is 0. The topological polar surface area (TPSA) is 585 Å². The molecule has 5 rings (SSSR count). The smallest absolute Gasteiger partial charge is 0.326 e. The van der Waals surface area contributed by atoms with Gasteiger partial charge in [-0.25, -0.2) is 4.79 Å². The number of H-pyrrole nitrogens is 2. The number of primary amides is 4. The number of para-hydroxylation sites is 2. The minimum absolute atomic E-state index is 0.0134. The summed E-state index contributed by atoms with van der Waals surface area (Å²) < 4.78 is 0. The highest BCUT2D eigenvalue weighted by Gasteiger charge is 2.36.